The first kappa shape index (κ1) is 21.8. The number of carbonyl (C=O) groups is 1. The Labute approximate surface area is 188 Å². The van der Waals surface area contributed by atoms with Crippen LogP contribution >= 0.6 is 12.4 Å². The van der Waals surface area contributed by atoms with Crippen LogP contribution in [0.25, 0.3) is 10.9 Å². The summed E-state index contributed by atoms with van der Waals surface area (Å²) in [6, 6.07) is 11.2. The number of nitrogens with one attached hydrogen (secondary N) is 2. The summed E-state index contributed by atoms with van der Waals surface area (Å²) in [6.45, 7) is 3.18. The molecule has 2 aromatic rings. The molecule has 1 aromatic carbocycles. The Balaban J connectivity index is 0.00000231. The van der Waals surface area contributed by atoms with Crippen LogP contribution in [0.5, 0.6) is 0 Å². The van der Waals surface area contributed by atoms with Gasteiger partial charge in [0, 0.05) is 41.9 Å². The summed E-state index contributed by atoms with van der Waals surface area (Å²) in [5.74, 6) is -0.0195. The zero-order valence-electron chi connectivity index (χ0n) is 17.6. The van der Waals surface area contributed by atoms with Crippen LogP contribution in [0.4, 0.5) is 5.69 Å². The lowest BCUT2D eigenvalue weighted by molar-refractivity contribution is -0.138. The molecule has 4 heterocycles. The number of benzene rings is 1. The quantitative estimate of drug-likeness (QED) is 0.760. The lowest BCUT2D eigenvalue weighted by Gasteiger charge is -2.39. The fourth-order valence-corrected chi connectivity index (χ4v) is 5.29. The molecule has 2 N–H and O–H groups in total. The fourth-order valence-electron chi connectivity index (χ4n) is 5.29. The van der Waals surface area contributed by atoms with Crippen molar-refractivity contribution in [1.82, 2.24) is 15.6 Å². The first-order valence-corrected chi connectivity index (χ1v) is 10.9. The van der Waals surface area contributed by atoms with Crippen molar-refractivity contribution in [2.24, 2.45) is 0 Å². The lowest BCUT2D eigenvalue weighted by Crippen LogP contribution is -2.56. The molecule has 5 rings (SSSR count). The number of fused-ring (bicyclic) bond motifs is 3. The van der Waals surface area contributed by atoms with E-state index < -0.39 is 6.10 Å². The number of halogens is 1. The predicted molar refractivity (Wildman–Crippen MR) is 121 cm³/mol. The van der Waals surface area contributed by atoms with Gasteiger partial charge in [0.2, 0.25) is 0 Å². The van der Waals surface area contributed by atoms with Crippen LogP contribution in [0.3, 0.4) is 0 Å². The molecule has 7 nitrogen and oxygen atoms in total. The number of carbonyl (C=O) groups excluding carboxylic acids is 1. The van der Waals surface area contributed by atoms with Crippen molar-refractivity contribution in [2.45, 2.75) is 62.9 Å². The standard InChI is InChI=1S/C23H27N5O2.ClH/c1-14-12-28(20-7-4-15(11-24)22-19(20)3-2-8-25-22)13-21(30-14)23(29)27-18-9-16-5-6-17(10-18)26-16;/h2-4,7-8,14,16-18,21,26H,5-6,9-10,12-13H2,1H3,(H,27,29);1H/t14-,16-,17+,18?,21-;/m1./s1. The Morgan fingerprint density at radius 3 is 2.77 bits per heavy atom. The molecule has 3 aliphatic rings. The Morgan fingerprint density at radius 2 is 2.03 bits per heavy atom. The number of rotatable bonds is 3. The minimum absolute atomic E-state index is 0. The highest BCUT2D eigenvalue weighted by atomic mass is 35.5. The third-order valence-corrected chi connectivity index (χ3v) is 6.58. The van der Waals surface area contributed by atoms with Crippen molar-refractivity contribution in [3.63, 3.8) is 0 Å². The molecule has 3 saturated heterocycles. The van der Waals surface area contributed by atoms with E-state index in [1.54, 1.807) is 6.20 Å². The number of ether oxygens (including phenoxy) is 1. The van der Waals surface area contributed by atoms with Crippen LogP contribution in [-0.2, 0) is 9.53 Å². The molecular weight excluding hydrogens is 414 g/mol. The van der Waals surface area contributed by atoms with Gasteiger partial charge in [-0.2, -0.15) is 5.26 Å². The van der Waals surface area contributed by atoms with Crippen molar-refractivity contribution < 1.29 is 9.53 Å². The molecule has 0 radical (unpaired) electrons. The molecule has 3 aliphatic heterocycles. The van der Waals surface area contributed by atoms with Gasteiger partial charge in [-0.3, -0.25) is 9.78 Å². The molecule has 164 valence electrons. The monoisotopic (exact) mass is 441 g/mol. The van der Waals surface area contributed by atoms with E-state index in [1.165, 1.54) is 12.8 Å². The highest BCUT2D eigenvalue weighted by Crippen LogP contribution is 2.31. The summed E-state index contributed by atoms with van der Waals surface area (Å²) in [7, 11) is 0. The van der Waals surface area contributed by atoms with Crippen molar-refractivity contribution in [1.29, 1.82) is 5.26 Å². The van der Waals surface area contributed by atoms with E-state index in [9.17, 15) is 10.1 Å². The Morgan fingerprint density at radius 1 is 1.26 bits per heavy atom. The molecule has 0 spiro atoms. The van der Waals surface area contributed by atoms with Gasteiger partial charge < -0.3 is 20.3 Å². The molecule has 3 fully saturated rings. The van der Waals surface area contributed by atoms with E-state index in [2.05, 4.69) is 26.6 Å². The van der Waals surface area contributed by atoms with Crippen LogP contribution in [0.1, 0.15) is 38.2 Å². The van der Waals surface area contributed by atoms with Gasteiger partial charge >= 0.3 is 0 Å². The lowest BCUT2D eigenvalue weighted by atomic mass is 9.99. The summed E-state index contributed by atoms with van der Waals surface area (Å²) in [6.07, 6.45) is 5.55. The van der Waals surface area contributed by atoms with Gasteiger partial charge in [0.05, 0.1) is 23.7 Å². The molecule has 8 heteroatoms. The van der Waals surface area contributed by atoms with Crippen molar-refractivity contribution in [2.75, 3.05) is 18.0 Å². The third kappa shape index (κ3) is 4.33. The summed E-state index contributed by atoms with van der Waals surface area (Å²) >= 11 is 0. The normalized spacial score (nSPS) is 29.8. The minimum atomic E-state index is -0.511. The number of hydrogen-bond acceptors (Lipinski definition) is 6. The van der Waals surface area contributed by atoms with Crippen LogP contribution in [0, 0.1) is 11.3 Å². The Kier molecular flexibility index (Phi) is 6.33. The first-order chi connectivity index (χ1) is 14.6. The van der Waals surface area contributed by atoms with E-state index in [0.29, 0.717) is 36.3 Å². The number of aromatic nitrogens is 1. The second kappa shape index (κ2) is 8.99. The van der Waals surface area contributed by atoms with E-state index in [1.807, 2.05) is 31.2 Å². The Bertz CT molecular complexity index is 997. The first-order valence-electron chi connectivity index (χ1n) is 10.9. The van der Waals surface area contributed by atoms with Gasteiger partial charge in [0.25, 0.3) is 5.91 Å². The summed E-state index contributed by atoms with van der Waals surface area (Å²) in [5, 5.41) is 17.2. The maximum atomic E-state index is 13.0. The van der Waals surface area contributed by atoms with Gasteiger partial charge in [-0.25, -0.2) is 0 Å². The smallest absolute Gasteiger partial charge is 0.251 e. The van der Waals surface area contributed by atoms with Gasteiger partial charge in [0.1, 0.15) is 6.07 Å². The number of piperidine rings is 1. The molecule has 2 bridgehead atoms. The van der Waals surface area contributed by atoms with E-state index in [0.717, 1.165) is 23.9 Å². The molecule has 1 amide bonds. The van der Waals surface area contributed by atoms with Gasteiger partial charge in [-0.05, 0) is 56.9 Å². The summed E-state index contributed by atoms with van der Waals surface area (Å²) < 4.78 is 6.03. The summed E-state index contributed by atoms with van der Waals surface area (Å²) in [5.41, 5.74) is 2.25. The summed E-state index contributed by atoms with van der Waals surface area (Å²) in [4.78, 5) is 19.7. The topological polar surface area (TPSA) is 90.3 Å². The molecule has 1 aromatic heterocycles. The van der Waals surface area contributed by atoms with Gasteiger partial charge in [-0.15, -0.1) is 12.4 Å². The number of nitrogens with zero attached hydrogens (tertiary/aromatic N) is 3. The number of nitriles is 1. The zero-order valence-corrected chi connectivity index (χ0v) is 18.4. The average Bonchev–Trinajstić information content (AvgIpc) is 3.10. The second-order valence-corrected chi connectivity index (χ2v) is 8.80. The predicted octanol–water partition coefficient (Wildman–Crippen LogP) is 2.52. The van der Waals surface area contributed by atoms with Crippen molar-refractivity contribution >= 4 is 34.9 Å². The SMILES string of the molecule is C[C@@H]1CN(c2ccc(C#N)c3ncccc23)C[C@H](C(=O)NC2C[C@H]3CC[C@@H](C2)N3)O1.Cl. The molecule has 5 atom stereocenters. The van der Waals surface area contributed by atoms with Crippen LogP contribution in [0.2, 0.25) is 0 Å². The Hall–Kier alpha value is -2.40. The van der Waals surface area contributed by atoms with Gasteiger partial charge in [-0.1, -0.05) is 0 Å². The maximum absolute atomic E-state index is 13.0. The number of anilines is 1. The highest BCUT2D eigenvalue weighted by molar-refractivity contribution is 5.95. The highest BCUT2D eigenvalue weighted by Gasteiger charge is 2.37. The van der Waals surface area contributed by atoms with Crippen LogP contribution in [0.15, 0.2) is 30.5 Å². The van der Waals surface area contributed by atoms with Gasteiger partial charge in [0.15, 0.2) is 6.10 Å². The molecule has 0 saturated carbocycles. The molecule has 31 heavy (non-hydrogen) atoms. The molecule has 1 unspecified atom stereocenters. The number of morpholine rings is 1. The van der Waals surface area contributed by atoms with Crippen molar-refractivity contribution in [3.8, 4) is 6.07 Å². The average molecular weight is 442 g/mol. The minimum Gasteiger partial charge on any atom is -0.365 e. The maximum Gasteiger partial charge on any atom is 0.251 e. The molecular formula is C23H28ClN5O2. The third-order valence-electron chi connectivity index (χ3n) is 6.58. The number of amides is 1. The van der Waals surface area contributed by atoms with E-state index in [-0.39, 0.29) is 30.5 Å². The second-order valence-electron chi connectivity index (χ2n) is 8.80. The van der Waals surface area contributed by atoms with E-state index in [4.69, 9.17) is 4.74 Å². The van der Waals surface area contributed by atoms with Crippen molar-refractivity contribution in [3.05, 3.63) is 36.0 Å². The van der Waals surface area contributed by atoms with Crippen LogP contribution < -0.4 is 15.5 Å². The van der Waals surface area contributed by atoms with Crippen LogP contribution in [-0.4, -0.2) is 54.3 Å². The largest absolute Gasteiger partial charge is 0.365 e. The molecule has 0 aliphatic carbocycles. The zero-order chi connectivity index (χ0) is 20.7. The fraction of sp³-hybridized carbons (Fsp3) is 0.522. The van der Waals surface area contributed by atoms with E-state index >= 15 is 0 Å². The number of hydrogen-bond donors (Lipinski definition) is 2. The number of pyridine rings is 1.